The van der Waals surface area contributed by atoms with Gasteiger partial charge in [-0.05, 0) is 35.9 Å². The Morgan fingerprint density at radius 2 is 1.70 bits per heavy atom. The van der Waals surface area contributed by atoms with Crippen LogP contribution >= 0.6 is 11.6 Å². The first-order valence-electron chi connectivity index (χ1n) is 6.34. The molecule has 0 aromatic heterocycles. The van der Waals surface area contributed by atoms with Crippen LogP contribution in [0.2, 0.25) is 5.02 Å². The number of aliphatic hydroxyl groups is 1. The van der Waals surface area contributed by atoms with Crippen LogP contribution in [-0.2, 0) is 0 Å². The summed E-state index contributed by atoms with van der Waals surface area (Å²) in [6.07, 6.45) is 0. The maximum absolute atomic E-state index is 13.6. The summed E-state index contributed by atoms with van der Waals surface area (Å²) in [6, 6.07) is 3.28. The van der Waals surface area contributed by atoms with Gasteiger partial charge in [-0.1, -0.05) is 11.6 Å². The highest BCUT2D eigenvalue weighted by molar-refractivity contribution is 6.31. The number of hydrogen-bond donors (Lipinski definition) is 2. The number of halogens is 5. The lowest BCUT2D eigenvalue weighted by atomic mass is 10.1. The monoisotopic (exact) mass is 347 g/mol. The largest absolute Gasteiger partial charge is 0.394 e. The molecule has 0 aliphatic heterocycles. The average Bonchev–Trinajstić information content (AvgIpc) is 2.51. The second-order valence-corrected chi connectivity index (χ2v) is 5.07. The van der Waals surface area contributed by atoms with Crippen molar-refractivity contribution in [1.29, 1.82) is 0 Å². The van der Waals surface area contributed by atoms with Crippen LogP contribution in [0.4, 0.5) is 17.6 Å². The van der Waals surface area contributed by atoms with Crippen molar-refractivity contribution in [1.82, 2.24) is 5.32 Å². The number of rotatable bonds is 4. The van der Waals surface area contributed by atoms with Crippen molar-refractivity contribution in [3.63, 3.8) is 0 Å². The Balaban J connectivity index is 2.29. The van der Waals surface area contributed by atoms with Crippen molar-refractivity contribution < 1.29 is 27.5 Å². The van der Waals surface area contributed by atoms with Crippen LogP contribution in [0.25, 0.3) is 0 Å². The van der Waals surface area contributed by atoms with Gasteiger partial charge in [0.1, 0.15) is 5.82 Å². The smallest absolute Gasteiger partial charge is 0.254 e. The highest BCUT2D eigenvalue weighted by atomic mass is 35.5. The van der Waals surface area contributed by atoms with Gasteiger partial charge in [0.05, 0.1) is 18.2 Å². The van der Waals surface area contributed by atoms with Crippen molar-refractivity contribution in [2.75, 3.05) is 6.61 Å². The van der Waals surface area contributed by atoms with E-state index in [0.29, 0.717) is 12.1 Å². The third-order valence-electron chi connectivity index (χ3n) is 3.07. The Bertz CT molecular complexity index is 731. The highest BCUT2D eigenvalue weighted by Crippen LogP contribution is 2.21. The van der Waals surface area contributed by atoms with Gasteiger partial charge in [-0.3, -0.25) is 4.79 Å². The fraction of sp³-hybridized carbons (Fsp3) is 0.133. The van der Waals surface area contributed by atoms with E-state index in [4.69, 9.17) is 11.6 Å². The summed E-state index contributed by atoms with van der Waals surface area (Å²) in [7, 11) is 0. The molecule has 1 amide bonds. The normalized spacial score (nSPS) is 12.1. The van der Waals surface area contributed by atoms with E-state index >= 15 is 0 Å². The van der Waals surface area contributed by atoms with Crippen molar-refractivity contribution in [3.05, 3.63) is 69.8 Å². The first-order chi connectivity index (χ1) is 10.8. The van der Waals surface area contributed by atoms with E-state index < -0.39 is 47.4 Å². The van der Waals surface area contributed by atoms with E-state index in [2.05, 4.69) is 5.32 Å². The predicted octanol–water partition coefficient (Wildman–Crippen LogP) is 3.36. The van der Waals surface area contributed by atoms with Gasteiger partial charge in [0.15, 0.2) is 17.5 Å². The third kappa shape index (κ3) is 3.80. The van der Waals surface area contributed by atoms with Crippen LogP contribution < -0.4 is 5.32 Å². The lowest BCUT2D eigenvalue weighted by Gasteiger charge is -2.17. The predicted molar refractivity (Wildman–Crippen MR) is 75.0 cm³/mol. The minimum atomic E-state index is -1.67. The van der Waals surface area contributed by atoms with Crippen molar-refractivity contribution in [2.24, 2.45) is 0 Å². The molecule has 0 saturated carbocycles. The molecule has 0 bridgehead atoms. The molecule has 1 unspecified atom stereocenters. The number of carbonyl (C=O) groups excluding carboxylic acids is 1. The molecule has 0 aliphatic carbocycles. The zero-order valence-electron chi connectivity index (χ0n) is 11.4. The molecule has 1 atom stereocenters. The van der Waals surface area contributed by atoms with E-state index in [1.807, 2.05) is 0 Å². The second kappa shape index (κ2) is 6.97. The summed E-state index contributed by atoms with van der Waals surface area (Å²) in [5.74, 6) is -6.42. The average molecular weight is 348 g/mol. The second-order valence-electron chi connectivity index (χ2n) is 4.63. The van der Waals surface area contributed by atoms with Gasteiger partial charge < -0.3 is 10.4 Å². The number of amides is 1. The molecule has 2 N–H and O–H groups in total. The van der Waals surface area contributed by atoms with Crippen LogP contribution in [-0.4, -0.2) is 17.6 Å². The molecule has 0 radical (unpaired) electrons. The zero-order chi connectivity index (χ0) is 17.1. The summed E-state index contributed by atoms with van der Waals surface area (Å²) >= 11 is 5.67. The molecular formula is C15H10ClF4NO2. The van der Waals surface area contributed by atoms with Gasteiger partial charge in [0.25, 0.3) is 5.91 Å². The Hall–Kier alpha value is -2.12. The number of carbonyl (C=O) groups is 1. The molecule has 0 fully saturated rings. The summed E-state index contributed by atoms with van der Waals surface area (Å²) < 4.78 is 53.0. The third-order valence-corrected chi connectivity index (χ3v) is 3.30. The van der Waals surface area contributed by atoms with Crippen LogP contribution in [0, 0.1) is 23.3 Å². The minimum absolute atomic E-state index is 0.107. The molecule has 2 aromatic rings. The lowest BCUT2D eigenvalue weighted by Crippen LogP contribution is -2.31. The molecule has 0 heterocycles. The fourth-order valence-corrected chi connectivity index (χ4v) is 2.09. The van der Waals surface area contributed by atoms with Gasteiger partial charge in [-0.2, -0.15) is 0 Å². The van der Waals surface area contributed by atoms with E-state index in [-0.39, 0.29) is 10.6 Å². The molecule has 2 rings (SSSR count). The first-order valence-corrected chi connectivity index (χ1v) is 6.72. The molecule has 0 aliphatic rings. The van der Waals surface area contributed by atoms with Gasteiger partial charge in [-0.25, -0.2) is 17.6 Å². The molecule has 8 heteroatoms. The fourth-order valence-electron chi connectivity index (χ4n) is 1.92. The molecule has 0 spiro atoms. The Morgan fingerprint density at radius 1 is 1.09 bits per heavy atom. The quantitative estimate of drug-likeness (QED) is 0.658. The topological polar surface area (TPSA) is 49.3 Å². The van der Waals surface area contributed by atoms with Crippen LogP contribution in [0.15, 0.2) is 30.3 Å². The number of aliphatic hydroxyl groups excluding tert-OH is 1. The highest BCUT2D eigenvalue weighted by Gasteiger charge is 2.21. The molecule has 0 saturated heterocycles. The molecule has 2 aromatic carbocycles. The molecule has 122 valence electrons. The Morgan fingerprint density at radius 3 is 2.26 bits per heavy atom. The lowest BCUT2D eigenvalue weighted by molar-refractivity contribution is 0.0911. The van der Waals surface area contributed by atoms with Gasteiger partial charge in [0, 0.05) is 5.02 Å². The van der Waals surface area contributed by atoms with E-state index in [0.717, 1.165) is 12.1 Å². The standard InChI is InChI=1S/C15H10ClF4NO2/c16-8-1-2-10(17)9(5-8)15(23)21-13(6-22)7-3-11(18)14(20)12(19)4-7/h1-5,13,22H,6H2,(H,21,23). The van der Waals surface area contributed by atoms with Gasteiger partial charge >= 0.3 is 0 Å². The van der Waals surface area contributed by atoms with Gasteiger partial charge in [0.2, 0.25) is 0 Å². The summed E-state index contributed by atoms with van der Waals surface area (Å²) in [5.41, 5.74) is -0.612. The van der Waals surface area contributed by atoms with E-state index in [1.54, 1.807) is 0 Å². The minimum Gasteiger partial charge on any atom is -0.394 e. The van der Waals surface area contributed by atoms with E-state index in [9.17, 15) is 27.5 Å². The van der Waals surface area contributed by atoms with Crippen molar-refractivity contribution in [3.8, 4) is 0 Å². The maximum atomic E-state index is 13.6. The van der Waals surface area contributed by atoms with Crippen molar-refractivity contribution >= 4 is 17.5 Å². The summed E-state index contributed by atoms with van der Waals surface area (Å²) in [6.45, 7) is -0.738. The van der Waals surface area contributed by atoms with Crippen molar-refractivity contribution in [2.45, 2.75) is 6.04 Å². The molecule has 3 nitrogen and oxygen atoms in total. The zero-order valence-corrected chi connectivity index (χ0v) is 12.2. The Kier molecular flexibility index (Phi) is 5.23. The van der Waals surface area contributed by atoms with E-state index in [1.165, 1.54) is 6.07 Å². The number of nitrogens with one attached hydrogen (secondary N) is 1. The van der Waals surface area contributed by atoms with Crippen LogP contribution in [0.5, 0.6) is 0 Å². The molecule has 23 heavy (non-hydrogen) atoms. The van der Waals surface area contributed by atoms with Gasteiger partial charge in [-0.15, -0.1) is 0 Å². The molecular weight excluding hydrogens is 338 g/mol. The summed E-state index contributed by atoms with van der Waals surface area (Å²) in [4.78, 5) is 12.0. The number of benzene rings is 2. The SMILES string of the molecule is O=C(NC(CO)c1cc(F)c(F)c(F)c1)c1cc(Cl)ccc1F. The maximum Gasteiger partial charge on any atom is 0.254 e. The Labute approximate surface area is 133 Å². The summed E-state index contributed by atoms with van der Waals surface area (Å²) in [5, 5.41) is 11.6. The van der Waals surface area contributed by atoms with Crippen LogP contribution in [0.3, 0.4) is 0 Å². The first kappa shape index (κ1) is 17.2. The van der Waals surface area contributed by atoms with Crippen LogP contribution in [0.1, 0.15) is 22.0 Å². The number of hydrogen-bond acceptors (Lipinski definition) is 2.